The number of pyridine rings is 1. The molecule has 6 nitrogen and oxygen atoms in total. The molecule has 7 heteroatoms. The number of carbonyl (C=O) groups excluding carboxylic acids is 1. The third-order valence-electron chi connectivity index (χ3n) is 4.45. The van der Waals surface area contributed by atoms with Crippen molar-refractivity contribution in [1.29, 1.82) is 0 Å². The van der Waals surface area contributed by atoms with Gasteiger partial charge < -0.3 is 19.7 Å². The van der Waals surface area contributed by atoms with Gasteiger partial charge in [0.05, 0.1) is 18.5 Å². The van der Waals surface area contributed by atoms with Gasteiger partial charge in [0.2, 0.25) is 11.3 Å². The molecular formula is C22H21FN2O4. The smallest absolute Gasteiger partial charge is 0.244 e. The van der Waals surface area contributed by atoms with Crippen molar-refractivity contribution in [2.75, 3.05) is 5.32 Å². The topological polar surface area (TPSA) is 80.6 Å². The van der Waals surface area contributed by atoms with Crippen LogP contribution in [-0.4, -0.2) is 15.6 Å². The summed E-state index contributed by atoms with van der Waals surface area (Å²) in [6.45, 7) is 1.49. The van der Waals surface area contributed by atoms with E-state index in [0.29, 0.717) is 0 Å². The number of nitrogens with one attached hydrogen (secondary N) is 1. The second-order valence-electron chi connectivity index (χ2n) is 6.52. The number of aryl methyl sites for hydroxylation is 1. The van der Waals surface area contributed by atoms with E-state index in [2.05, 4.69) is 5.32 Å². The fraction of sp³-hybridized carbons (Fsp3) is 0.182. The number of rotatable bonds is 7. The largest absolute Gasteiger partial charge is 0.483 e. The molecule has 3 rings (SSSR count). The summed E-state index contributed by atoms with van der Waals surface area (Å²) in [6, 6.07) is 14.7. The average molecular weight is 396 g/mol. The molecule has 29 heavy (non-hydrogen) atoms. The van der Waals surface area contributed by atoms with Gasteiger partial charge in [0, 0.05) is 11.8 Å². The Kier molecular flexibility index (Phi) is 6.41. The molecule has 1 heterocycles. The number of amides is 1. The molecule has 0 aliphatic heterocycles. The van der Waals surface area contributed by atoms with Gasteiger partial charge in [-0.25, -0.2) is 4.39 Å². The molecule has 0 saturated carbocycles. The van der Waals surface area contributed by atoms with Crippen LogP contribution in [0.4, 0.5) is 10.1 Å². The Bertz CT molecular complexity index is 1080. The van der Waals surface area contributed by atoms with Crippen LogP contribution < -0.4 is 15.5 Å². The maximum atomic E-state index is 13.7. The molecule has 1 aromatic heterocycles. The zero-order valence-corrected chi connectivity index (χ0v) is 15.9. The van der Waals surface area contributed by atoms with Gasteiger partial charge in [-0.05, 0) is 30.2 Å². The Balaban J connectivity index is 1.78. The first-order valence-corrected chi connectivity index (χ1v) is 9.04. The van der Waals surface area contributed by atoms with Crippen LogP contribution in [0, 0.1) is 12.7 Å². The first kappa shape index (κ1) is 20.3. The van der Waals surface area contributed by atoms with Crippen LogP contribution in [-0.2, 0) is 24.6 Å². The summed E-state index contributed by atoms with van der Waals surface area (Å²) in [5.74, 6) is -0.993. The summed E-state index contributed by atoms with van der Waals surface area (Å²) in [4.78, 5) is 24.6. The molecule has 1 amide bonds. The Labute approximate surface area is 167 Å². The van der Waals surface area contributed by atoms with Crippen LogP contribution in [0.1, 0.15) is 16.8 Å². The van der Waals surface area contributed by atoms with Crippen molar-refractivity contribution in [2.45, 2.75) is 26.7 Å². The summed E-state index contributed by atoms with van der Waals surface area (Å²) >= 11 is 0. The normalized spacial score (nSPS) is 10.6. The highest BCUT2D eigenvalue weighted by Gasteiger charge is 2.12. The first-order valence-electron chi connectivity index (χ1n) is 9.04. The summed E-state index contributed by atoms with van der Waals surface area (Å²) < 4.78 is 20.8. The highest BCUT2D eigenvalue weighted by Crippen LogP contribution is 2.15. The number of aromatic nitrogens is 1. The van der Waals surface area contributed by atoms with Crippen molar-refractivity contribution in [3.63, 3.8) is 0 Å². The van der Waals surface area contributed by atoms with E-state index in [1.54, 1.807) is 6.07 Å². The highest BCUT2D eigenvalue weighted by atomic mass is 19.1. The summed E-state index contributed by atoms with van der Waals surface area (Å²) in [7, 11) is 0. The van der Waals surface area contributed by atoms with Crippen LogP contribution in [0.15, 0.2) is 65.6 Å². The third-order valence-corrected chi connectivity index (χ3v) is 4.45. The minimum Gasteiger partial charge on any atom is -0.483 e. The van der Waals surface area contributed by atoms with Crippen LogP contribution in [0.2, 0.25) is 0 Å². The summed E-state index contributed by atoms with van der Waals surface area (Å²) in [5, 5.41) is 12.0. The van der Waals surface area contributed by atoms with Gasteiger partial charge in [-0.15, -0.1) is 0 Å². The Hall–Kier alpha value is -3.45. The van der Waals surface area contributed by atoms with Crippen molar-refractivity contribution < 1.29 is 19.0 Å². The molecule has 2 aromatic carbocycles. The van der Waals surface area contributed by atoms with Gasteiger partial charge >= 0.3 is 0 Å². The number of benzene rings is 2. The second kappa shape index (κ2) is 9.16. The molecular weight excluding hydrogens is 375 g/mol. The fourth-order valence-corrected chi connectivity index (χ4v) is 2.82. The fourth-order valence-electron chi connectivity index (χ4n) is 2.82. The summed E-state index contributed by atoms with van der Waals surface area (Å²) in [5.41, 5.74) is 1.88. The van der Waals surface area contributed by atoms with Crippen molar-refractivity contribution in [1.82, 2.24) is 4.57 Å². The SMILES string of the molecule is Cc1ccccc1COc1cn(CC(=O)Nc2ccccc2F)c(CO)cc1=O. The van der Waals surface area contributed by atoms with E-state index in [1.807, 2.05) is 31.2 Å². The molecule has 3 aromatic rings. The van der Waals surface area contributed by atoms with Gasteiger partial charge in [0.15, 0.2) is 5.75 Å². The standard InChI is InChI=1S/C22H21FN2O4/c1-15-6-2-3-7-16(15)14-29-21-11-25(17(13-26)10-20(21)27)12-22(28)24-19-9-5-4-8-18(19)23/h2-11,26H,12-14H2,1H3,(H,24,28). The third kappa shape index (κ3) is 5.08. The molecule has 0 bridgehead atoms. The lowest BCUT2D eigenvalue weighted by Gasteiger charge is -2.15. The van der Waals surface area contributed by atoms with Crippen LogP contribution in [0.3, 0.4) is 0 Å². The average Bonchev–Trinajstić information content (AvgIpc) is 2.70. The number of para-hydroxylation sites is 1. The summed E-state index contributed by atoms with van der Waals surface area (Å²) in [6.07, 6.45) is 1.38. The number of aliphatic hydroxyl groups is 1. The lowest BCUT2D eigenvalue weighted by atomic mass is 10.1. The number of halogens is 1. The lowest BCUT2D eigenvalue weighted by molar-refractivity contribution is -0.116. The Morgan fingerprint density at radius 3 is 2.62 bits per heavy atom. The van der Waals surface area contributed by atoms with Crippen molar-refractivity contribution in [3.8, 4) is 5.75 Å². The second-order valence-corrected chi connectivity index (χ2v) is 6.52. The predicted molar refractivity (Wildman–Crippen MR) is 107 cm³/mol. The highest BCUT2D eigenvalue weighted by molar-refractivity contribution is 5.90. The molecule has 0 fully saturated rings. The Morgan fingerprint density at radius 1 is 1.17 bits per heavy atom. The van der Waals surface area contributed by atoms with Crippen molar-refractivity contribution >= 4 is 11.6 Å². The van der Waals surface area contributed by atoms with Crippen LogP contribution in [0.5, 0.6) is 5.75 Å². The van der Waals surface area contributed by atoms with Gasteiger partial charge in [-0.3, -0.25) is 9.59 Å². The molecule has 0 spiro atoms. The number of hydrogen-bond acceptors (Lipinski definition) is 4. The van der Waals surface area contributed by atoms with E-state index in [-0.39, 0.29) is 30.3 Å². The number of carbonyl (C=O) groups is 1. The van der Waals surface area contributed by atoms with E-state index in [4.69, 9.17) is 4.74 Å². The van der Waals surface area contributed by atoms with Crippen molar-refractivity contribution in [3.05, 3.63) is 93.7 Å². The molecule has 2 N–H and O–H groups in total. The van der Waals surface area contributed by atoms with Gasteiger partial charge in [-0.2, -0.15) is 0 Å². The van der Waals surface area contributed by atoms with Gasteiger partial charge in [-0.1, -0.05) is 36.4 Å². The monoisotopic (exact) mass is 396 g/mol. The van der Waals surface area contributed by atoms with Gasteiger partial charge in [0.1, 0.15) is 19.0 Å². The molecule has 0 aliphatic carbocycles. The minimum atomic E-state index is -0.551. The van der Waals surface area contributed by atoms with E-state index in [9.17, 15) is 19.1 Å². The lowest BCUT2D eigenvalue weighted by Crippen LogP contribution is -2.23. The first-order chi connectivity index (χ1) is 14.0. The maximum Gasteiger partial charge on any atom is 0.244 e. The maximum absolute atomic E-state index is 13.7. The van der Waals surface area contributed by atoms with Crippen molar-refractivity contribution in [2.24, 2.45) is 0 Å². The number of aliphatic hydroxyl groups excluding tert-OH is 1. The van der Waals surface area contributed by atoms with Crippen LogP contribution >= 0.6 is 0 Å². The molecule has 0 aliphatic rings. The zero-order valence-electron chi connectivity index (χ0n) is 15.9. The van der Waals surface area contributed by atoms with Gasteiger partial charge in [0.25, 0.3) is 0 Å². The molecule has 0 unspecified atom stereocenters. The quantitative estimate of drug-likeness (QED) is 0.643. The molecule has 150 valence electrons. The number of nitrogens with zero attached hydrogens (tertiary/aromatic N) is 1. The van der Waals surface area contributed by atoms with E-state index >= 15 is 0 Å². The number of anilines is 1. The zero-order chi connectivity index (χ0) is 20.8. The van der Waals surface area contributed by atoms with E-state index < -0.39 is 23.8 Å². The Morgan fingerprint density at radius 2 is 1.90 bits per heavy atom. The number of ether oxygens (including phenoxy) is 1. The molecule has 0 saturated heterocycles. The minimum absolute atomic E-state index is 0.0557. The molecule has 0 radical (unpaired) electrons. The molecule has 0 atom stereocenters. The van der Waals surface area contributed by atoms with E-state index in [1.165, 1.54) is 35.0 Å². The van der Waals surface area contributed by atoms with Crippen LogP contribution in [0.25, 0.3) is 0 Å². The predicted octanol–water partition coefficient (Wildman–Crippen LogP) is 3.01. The number of hydrogen-bond donors (Lipinski definition) is 2. The van der Waals surface area contributed by atoms with E-state index in [0.717, 1.165) is 11.1 Å².